The zero-order chi connectivity index (χ0) is 19.8. The lowest BCUT2D eigenvalue weighted by Crippen LogP contribution is -2.49. The number of methoxy groups -OCH3 is 2. The van der Waals surface area contributed by atoms with Gasteiger partial charge in [0.1, 0.15) is 0 Å². The molecule has 8 nitrogen and oxygen atoms in total. The van der Waals surface area contributed by atoms with Gasteiger partial charge in [0.05, 0.1) is 27.4 Å². The number of carbonyl (C=O) groups excluding carboxylic acids is 1. The first-order valence-corrected chi connectivity index (χ1v) is 9.88. The van der Waals surface area contributed by atoms with Crippen LogP contribution in [-0.2, 0) is 9.47 Å². The summed E-state index contributed by atoms with van der Waals surface area (Å²) in [6.07, 6.45) is 1.73. The predicted molar refractivity (Wildman–Crippen MR) is 106 cm³/mol. The molecule has 0 atom stereocenters. The van der Waals surface area contributed by atoms with Gasteiger partial charge in [-0.25, -0.2) is 4.79 Å². The largest absolute Gasteiger partial charge is 0.493 e. The number of nitrogens with zero attached hydrogens (tertiary/aromatic N) is 2. The lowest BCUT2D eigenvalue weighted by Gasteiger charge is -2.36. The average molecular weight is 393 g/mol. The van der Waals surface area contributed by atoms with Gasteiger partial charge in [0.2, 0.25) is 0 Å². The Labute approximate surface area is 166 Å². The number of rotatable bonds is 7. The molecule has 0 aliphatic carbocycles. The molecule has 28 heavy (non-hydrogen) atoms. The molecule has 2 aliphatic heterocycles. The average Bonchev–Trinajstić information content (AvgIpc) is 2.75. The Balaban J connectivity index is 1.66. The molecule has 1 aromatic carbocycles. The third-order valence-electron chi connectivity index (χ3n) is 5.29. The van der Waals surface area contributed by atoms with Crippen molar-refractivity contribution in [1.82, 2.24) is 9.80 Å². The molecule has 0 radical (unpaired) electrons. The number of benzene rings is 1. The van der Waals surface area contributed by atoms with E-state index in [1.165, 1.54) is 0 Å². The third-order valence-corrected chi connectivity index (χ3v) is 5.29. The highest BCUT2D eigenvalue weighted by atomic mass is 16.5. The number of urea groups is 1. The number of carbonyl (C=O) groups is 1. The Hall–Kier alpha value is -2.03. The van der Waals surface area contributed by atoms with Crippen molar-refractivity contribution >= 4 is 11.7 Å². The highest BCUT2D eigenvalue weighted by Crippen LogP contribution is 2.30. The second-order valence-electron chi connectivity index (χ2n) is 6.99. The van der Waals surface area contributed by atoms with Crippen molar-refractivity contribution in [1.29, 1.82) is 0 Å². The van der Waals surface area contributed by atoms with Crippen molar-refractivity contribution in [3.05, 3.63) is 18.2 Å². The molecule has 8 heteroatoms. The number of amides is 2. The fourth-order valence-corrected chi connectivity index (χ4v) is 3.63. The van der Waals surface area contributed by atoms with Crippen LogP contribution in [0.15, 0.2) is 18.2 Å². The first kappa shape index (κ1) is 20.7. The summed E-state index contributed by atoms with van der Waals surface area (Å²) in [5.74, 6) is 1.22. The van der Waals surface area contributed by atoms with Gasteiger partial charge in [-0.2, -0.15) is 0 Å². The van der Waals surface area contributed by atoms with E-state index in [2.05, 4.69) is 10.2 Å². The molecule has 0 aromatic heterocycles. The highest BCUT2D eigenvalue weighted by Gasteiger charge is 2.26. The van der Waals surface area contributed by atoms with Gasteiger partial charge in [0.25, 0.3) is 0 Å². The van der Waals surface area contributed by atoms with Gasteiger partial charge >= 0.3 is 6.03 Å². The standard InChI is InChI=1S/C20H31N3O5/c1-25-18-4-3-16(15-19(18)26-2)21-20(24)23(17-5-11-27-12-6-17)8-7-22-9-13-28-14-10-22/h3-4,15,17H,5-14H2,1-2H3,(H,21,24). The third kappa shape index (κ3) is 5.50. The van der Waals surface area contributed by atoms with Gasteiger partial charge in [0, 0.05) is 57.2 Å². The van der Waals surface area contributed by atoms with E-state index in [0.29, 0.717) is 36.9 Å². The smallest absolute Gasteiger partial charge is 0.322 e. The molecular formula is C20H31N3O5. The van der Waals surface area contributed by atoms with Crippen LogP contribution < -0.4 is 14.8 Å². The molecule has 156 valence electrons. The molecule has 1 N–H and O–H groups in total. The van der Waals surface area contributed by atoms with Crippen LogP contribution in [-0.4, -0.2) is 88.7 Å². The molecule has 3 rings (SSSR count). The van der Waals surface area contributed by atoms with E-state index in [1.807, 2.05) is 11.0 Å². The molecule has 0 bridgehead atoms. The van der Waals surface area contributed by atoms with Crippen molar-refractivity contribution < 1.29 is 23.7 Å². The van der Waals surface area contributed by atoms with Crippen LogP contribution in [0.5, 0.6) is 11.5 Å². The minimum absolute atomic E-state index is 0.0904. The van der Waals surface area contributed by atoms with E-state index in [0.717, 1.165) is 45.7 Å². The van der Waals surface area contributed by atoms with Crippen molar-refractivity contribution in [2.24, 2.45) is 0 Å². The van der Waals surface area contributed by atoms with Crippen LogP contribution >= 0.6 is 0 Å². The summed E-state index contributed by atoms with van der Waals surface area (Å²) in [7, 11) is 3.18. The first-order chi connectivity index (χ1) is 13.7. The summed E-state index contributed by atoms with van der Waals surface area (Å²) in [4.78, 5) is 17.4. The van der Waals surface area contributed by atoms with Gasteiger partial charge < -0.3 is 29.2 Å². The Morgan fingerprint density at radius 2 is 1.79 bits per heavy atom. The fraction of sp³-hybridized carbons (Fsp3) is 0.650. The van der Waals surface area contributed by atoms with Crippen molar-refractivity contribution in [2.75, 3.05) is 72.1 Å². The highest BCUT2D eigenvalue weighted by molar-refractivity contribution is 5.90. The molecule has 0 saturated carbocycles. The van der Waals surface area contributed by atoms with E-state index in [1.54, 1.807) is 26.4 Å². The quantitative estimate of drug-likeness (QED) is 0.764. The second kappa shape index (κ2) is 10.5. The summed E-state index contributed by atoms with van der Waals surface area (Å²) in [6.45, 7) is 6.27. The number of morpholine rings is 1. The van der Waals surface area contributed by atoms with Gasteiger partial charge in [-0.3, -0.25) is 4.90 Å². The normalized spacial score (nSPS) is 18.5. The van der Waals surface area contributed by atoms with Crippen molar-refractivity contribution in [3.63, 3.8) is 0 Å². The van der Waals surface area contributed by atoms with Gasteiger partial charge in [-0.1, -0.05) is 0 Å². The summed E-state index contributed by atoms with van der Waals surface area (Å²) >= 11 is 0. The van der Waals surface area contributed by atoms with E-state index in [9.17, 15) is 4.79 Å². The zero-order valence-corrected chi connectivity index (χ0v) is 16.8. The van der Waals surface area contributed by atoms with Crippen molar-refractivity contribution in [2.45, 2.75) is 18.9 Å². The lowest BCUT2D eigenvalue weighted by molar-refractivity contribution is 0.0238. The van der Waals surface area contributed by atoms with E-state index < -0.39 is 0 Å². The Morgan fingerprint density at radius 3 is 2.46 bits per heavy atom. The Kier molecular flexibility index (Phi) is 7.76. The monoisotopic (exact) mass is 393 g/mol. The van der Waals surface area contributed by atoms with Crippen LogP contribution in [0.3, 0.4) is 0 Å². The van der Waals surface area contributed by atoms with Crippen LogP contribution in [0.4, 0.5) is 10.5 Å². The molecule has 1 aromatic rings. The summed E-state index contributed by atoms with van der Waals surface area (Å²) < 4.78 is 21.5. The van der Waals surface area contributed by atoms with Crippen LogP contribution in [0.2, 0.25) is 0 Å². The van der Waals surface area contributed by atoms with Gasteiger partial charge in [-0.15, -0.1) is 0 Å². The number of ether oxygens (including phenoxy) is 4. The SMILES string of the molecule is COc1ccc(NC(=O)N(CCN2CCOCC2)C2CCOCC2)cc1OC. The maximum Gasteiger partial charge on any atom is 0.322 e. The molecule has 2 heterocycles. The second-order valence-corrected chi connectivity index (χ2v) is 6.99. The maximum absolute atomic E-state index is 13.1. The topological polar surface area (TPSA) is 72.5 Å². The minimum Gasteiger partial charge on any atom is -0.493 e. The Morgan fingerprint density at radius 1 is 1.11 bits per heavy atom. The van der Waals surface area contributed by atoms with E-state index in [-0.39, 0.29) is 12.1 Å². The number of hydrogen-bond acceptors (Lipinski definition) is 6. The minimum atomic E-state index is -0.0904. The van der Waals surface area contributed by atoms with Crippen molar-refractivity contribution in [3.8, 4) is 11.5 Å². The van der Waals surface area contributed by atoms with Crippen LogP contribution in [0, 0.1) is 0 Å². The molecule has 2 amide bonds. The predicted octanol–water partition coefficient (Wildman–Crippen LogP) is 2.05. The molecule has 0 spiro atoms. The number of hydrogen-bond donors (Lipinski definition) is 1. The Bertz CT molecular complexity index is 630. The van der Waals surface area contributed by atoms with E-state index >= 15 is 0 Å². The number of nitrogens with one attached hydrogen (secondary N) is 1. The fourth-order valence-electron chi connectivity index (χ4n) is 3.63. The maximum atomic E-state index is 13.1. The van der Waals surface area contributed by atoms with Crippen LogP contribution in [0.25, 0.3) is 0 Å². The number of anilines is 1. The van der Waals surface area contributed by atoms with Gasteiger partial charge in [0.15, 0.2) is 11.5 Å². The van der Waals surface area contributed by atoms with E-state index in [4.69, 9.17) is 18.9 Å². The molecule has 2 fully saturated rings. The summed E-state index contributed by atoms with van der Waals surface area (Å²) in [6, 6.07) is 5.49. The molecule has 2 saturated heterocycles. The summed E-state index contributed by atoms with van der Waals surface area (Å²) in [5, 5.41) is 3.02. The molecule has 2 aliphatic rings. The first-order valence-electron chi connectivity index (χ1n) is 9.88. The zero-order valence-electron chi connectivity index (χ0n) is 16.8. The molecular weight excluding hydrogens is 362 g/mol. The lowest BCUT2D eigenvalue weighted by atomic mass is 10.1. The van der Waals surface area contributed by atoms with Crippen LogP contribution in [0.1, 0.15) is 12.8 Å². The molecule has 0 unspecified atom stereocenters. The summed E-state index contributed by atoms with van der Waals surface area (Å²) in [5.41, 5.74) is 0.686. The van der Waals surface area contributed by atoms with Gasteiger partial charge in [-0.05, 0) is 25.0 Å².